The van der Waals surface area contributed by atoms with Crippen LogP contribution in [0.25, 0.3) is 0 Å². The average molecular weight is 269 g/mol. The van der Waals surface area contributed by atoms with Crippen LogP contribution in [0.15, 0.2) is 10.9 Å². The molecule has 18 heavy (non-hydrogen) atoms. The van der Waals surface area contributed by atoms with Crippen LogP contribution in [-0.2, 0) is 4.79 Å². The number of rotatable bonds is 5. The number of hydrogen-bond donors (Lipinski definition) is 1. The monoisotopic (exact) mass is 269 g/mol. The zero-order valence-corrected chi connectivity index (χ0v) is 11.4. The summed E-state index contributed by atoms with van der Waals surface area (Å²) in [5.74, 6) is -0.715. The summed E-state index contributed by atoms with van der Waals surface area (Å²) >= 11 is 1.63. The van der Waals surface area contributed by atoms with Gasteiger partial charge in [0.1, 0.15) is 0 Å². The third-order valence-corrected chi connectivity index (χ3v) is 4.08. The van der Waals surface area contributed by atoms with Crippen molar-refractivity contribution in [3.8, 4) is 0 Å². The van der Waals surface area contributed by atoms with Crippen molar-refractivity contribution < 1.29 is 9.90 Å². The molecule has 1 fully saturated rings. The molecule has 0 spiro atoms. The molecule has 0 aromatic carbocycles. The first kappa shape index (κ1) is 13.5. The van der Waals surface area contributed by atoms with E-state index >= 15 is 0 Å². The van der Waals surface area contributed by atoms with E-state index in [-0.39, 0.29) is 6.42 Å². The number of piperazine rings is 1. The maximum atomic E-state index is 10.5. The van der Waals surface area contributed by atoms with Gasteiger partial charge in [0.05, 0.1) is 23.7 Å². The summed E-state index contributed by atoms with van der Waals surface area (Å²) in [5, 5.41) is 10.8. The normalized spacial score (nSPS) is 19.8. The Hall–Kier alpha value is -0.980. The summed E-state index contributed by atoms with van der Waals surface area (Å²) < 4.78 is 0. The Kier molecular flexibility index (Phi) is 4.68. The number of aromatic nitrogens is 1. The molecule has 1 aromatic rings. The highest BCUT2D eigenvalue weighted by atomic mass is 32.1. The van der Waals surface area contributed by atoms with Gasteiger partial charge in [-0.2, -0.15) is 0 Å². The Balaban J connectivity index is 1.78. The molecule has 1 aliphatic rings. The molecule has 6 heteroatoms. The van der Waals surface area contributed by atoms with Gasteiger partial charge >= 0.3 is 5.97 Å². The summed E-state index contributed by atoms with van der Waals surface area (Å²) in [6, 6.07) is 0.359. The SMILES string of the molecule is CC(c1cscn1)N1CCN(CCC(=O)O)CC1. The summed E-state index contributed by atoms with van der Waals surface area (Å²) in [4.78, 5) is 19.5. The number of carboxylic acids is 1. The number of thiazole rings is 1. The topological polar surface area (TPSA) is 56.7 Å². The van der Waals surface area contributed by atoms with Crippen LogP contribution in [0.3, 0.4) is 0 Å². The van der Waals surface area contributed by atoms with Gasteiger partial charge in [-0.3, -0.25) is 9.69 Å². The van der Waals surface area contributed by atoms with Crippen molar-refractivity contribution >= 4 is 17.3 Å². The van der Waals surface area contributed by atoms with Crippen LogP contribution in [0.2, 0.25) is 0 Å². The van der Waals surface area contributed by atoms with Gasteiger partial charge in [0.25, 0.3) is 0 Å². The first-order valence-corrected chi connectivity index (χ1v) is 7.17. The lowest BCUT2D eigenvalue weighted by molar-refractivity contribution is -0.137. The van der Waals surface area contributed by atoms with Crippen LogP contribution in [0.4, 0.5) is 0 Å². The minimum Gasteiger partial charge on any atom is -0.481 e. The van der Waals surface area contributed by atoms with E-state index < -0.39 is 5.97 Å². The molecular formula is C12H19N3O2S. The van der Waals surface area contributed by atoms with E-state index in [1.807, 2.05) is 5.51 Å². The van der Waals surface area contributed by atoms with Gasteiger partial charge in [0.2, 0.25) is 0 Å². The Bertz CT molecular complexity index is 375. The van der Waals surface area contributed by atoms with Crippen LogP contribution in [0.5, 0.6) is 0 Å². The van der Waals surface area contributed by atoms with E-state index in [1.54, 1.807) is 11.3 Å². The minimum absolute atomic E-state index is 0.238. The molecule has 100 valence electrons. The molecule has 1 saturated heterocycles. The van der Waals surface area contributed by atoms with Gasteiger partial charge in [0.15, 0.2) is 0 Å². The molecule has 1 N–H and O–H groups in total. The predicted octanol–water partition coefficient (Wildman–Crippen LogP) is 1.30. The highest BCUT2D eigenvalue weighted by Crippen LogP contribution is 2.21. The fourth-order valence-electron chi connectivity index (χ4n) is 2.24. The van der Waals surface area contributed by atoms with Crippen molar-refractivity contribution in [3.05, 3.63) is 16.6 Å². The number of nitrogens with zero attached hydrogens (tertiary/aromatic N) is 3. The molecule has 0 saturated carbocycles. The second kappa shape index (κ2) is 6.26. The summed E-state index contributed by atoms with van der Waals surface area (Å²) in [5.41, 5.74) is 3.01. The zero-order chi connectivity index (χ0) is 13.0. The number of hydrogen-bond acceptors (Lipinski definition) is 5. The largest absolute Gasteiger partial charge is 0.481 e. The Morgan fingerprint density at radius 2 is 2.22 bits per heavy atom. The lowest BCUT2D eigenvalue weighted by Crippen LogP contribution is -2.47. The second-order valence-electron chi connectivity index (χ2n) is 4.61. The van der Waals surface area contributed by atoms with Crippen LogP contribution in [-0.4, -0.2) is 58.6 Å². The molecule has 2 rings (SSSR count). The Morgan fingerprint density at radius 3 is 2.78 bits per heavy atom. The Morgan fingerprint density at radius 1 is 1.50 bits per heavy atom. The minimum atomic E-state index is -0.715. The maximum Gasteiger partial charge on any atom is 0.304 e. The smallest absolute Gasteiger partial charge is 0.304 e. The number of carboxylic acid groups (broad SMARTS) is 1. The maximum absolute atomic E-state index is 10.5. The molecule has 0 bridgehead atoms. The third-order valence-electron chi connectivity index (χ3n) is 3.48. The van der Waals surface area contributed by atoms with Crippen molar-refractivity contribution in [2.75, 3.05) is 32.7 Å². The van der Waals surface area contributed by atoms with E-state index in [0.29, 0.717) is 12.6 Å². The average Bonchev–Trinajstić information content (AvgIpc) is 2.90. The number of aliphatic carboxylic acids is 1. The van der Waals surface area contributed by atoms with E-state index in [0.717, 1.165) is 31.9 Å². The van der Waals surface area contributed by atoms with Crippen molar-refractivity contribution in [1.82, 2.24) is 14.8 Å². The van der Waals surface area contributed by atoms with Crippen molar-refractivity contribution in [2.24, 2.45) is 0 Å². The van der Waals surface area contributed by atoms with E-state index in [9.17, 15) is 4.79 Å². The fraction of sp³-hybridized carbons (Fsp3) is 0.667. The number of carbonyl (C=O) groups is 1. The van der Waals surface area contributed by atoms with Crippen molar-refractivity contribution in [2.45, 2.75) is 19.4 Å². The first-order chi connectivity index (χ1) is 8.66. The second-order valence-corrected chi connectivity index (χ2v) is 5.33. The molecule has 1 unspecified atom stereocenters. The lowest BCUT2D eigenvalue weighted by Gasteiger charge is -2.37. The van der Waals surface area contributed by atoms with E-state index in [4.69, 9.17) is 5.11 Å². The Labute approximate surface area is 111 Å². The van der Waals surface area contributed by atoms with Gasteiger partial charge in [-0.05, 0) is 6.92 Å². The van der Waals surface area contributed by atoms with Gasteiger partial charge < -0.3 is 10.0 Å². The standard InChI is InChI=1S/C12H19N3O2S/c1-10(11-8-18-9-13-11)15-6-4-14(5-7-15)3-2-12(16)17/h8-10H,2-7H2,1H3,(H,16,17). The van der Waals surface area contributed by atoms with Crippen LogP contribution in [0.1, 0.15) is 25.1 Å². The molecule has 0 radical (unpaired) electrons. The van der Waals surface area contributed by atoms with Gasteiger partial charge in [0, 0.05) is 38.1 Å². The van der Waals surface area contributed by atoms with Crippen molar-refractivity contribution in [1.29, 1.82) is 0 Å². The molecule has 0 amide bonds. The highest BCUT2D eigenvalue weighted by Gasteiger charge is 2.22. The van der Waals surface area contributed by atoms with Gasteiger partial charge in [-0.15, -0.1) is 11.3 Å². The van der Waals surface area contributed by atoms with Gasteiger partial charge in [-0.1, -0.05) is 0 Å². The van der Waals surface area contributed by atoms with Crippen LogP contribution in [0, 0.1) is 0 Å². The molecule has 1 atom stereocenters. The summed E-state index contributed by atoms with van der Waals surface area (Å²) in [6.07, 6.45) is 0.238. The van der Waals surface area contributed by atoms with Crippen LogP contribution < -0.4 is 0 Å². The quantitative estimate of drug-likeness (QED) is 0.873. The first-order valence-electron chi connectivity index (χ1n) is 6.23. The lowest BCUT2D eigenvalue weighted by atomic mass is 10.2. The van der Waals surface area contributed by atoms with Gasteiger partial charge in [-0.25, -0.2) is 4.98 Å². The van der Waals surface area contributed by atoms with E-state index in [2.05, 4.69) is 27.1 Å². The predicted molar refractivity (Wildman–Crippen MR) is 70.8 cm³/mol. The summed E-state index contributed by atoms with van der Waals surface area (Å²) in [6.45, 7) is 6.70. The summed E-state index contributed by atoms with van der Waals surface area (Å²) in [7, 11) is 0. The molecule has 1 aliphatic heterocycles. The molecule has 5 nitrogen and oxygen atoms in total. The fourth-order valence-corrected chi connectivity index (χ4v) is 2.88. The highest BCUT2D eigenvalue weighted by molar-refractivity contribution is 7.07. The third kappa shape index (κ3) is 3.51. The van der Waals surface area contributed by atoms with Crippen LogP contribution >= 0.6 is 11.3 Å². The van der Waals surface area contributed by atoms with E-state index in [1.165, 1.54) is 0 Å². The molecule has 2 heterocycles. The molecule has 0 aliphatic carbocycles. The molecular weight excluding hydrogens is 250 g/mol. The van der Waals surface area contributed by atoms with Crippen molar-refractivity contribution in [3.63, 3.8) is 0 Å². The molecule has 1 aromatic heterocycles. The zero-order valence-electron chi connectivity index (χ0n) is 10.6.